The van der Waals surface area contributed by atoms with Crippen LogP contribution in [-0.4, -0.2) is 50.4 Å². The van der Waals surface area contributed by atoms with Crippen molar-refractivity contribution in [3.8, 4) is 0 Å². The first-order valence-corrected chi connectivity index (χ1v) is 14.8. The molecule has 10 heteroatoms. The van der Waals surface area contributed by atoms with E-state index < -0.39 is 11.8 Å². The topological polar surface area (TPSA) is 108 Å². The van der Waals surface area contributed by atoms with E-state index in [4.69, 9.17) is 0 Å². The van der Waals surface area contributed by atoms with Gasteiger partial charge in [-0.1, -0.05) is 6.07 Å². The van der Waals surface area contributed by atoms with Crippen LogP contribution in [0.1, 0.15) is 92.5 Å². The molecule has 3 N–H and O–H groups in total. The molecule has 1 unspecified atom stereocenters. The van der Waals surface area contributed by atoms with Crippen LogP contribution in [0, 0.1) is 17.8 Å². The largest absolute Gasteiger partial charge is 0.339 e. The molecular formula is C30H37FN6O3. The van der Waals surface area contributed by atoms with E-state index in [1.165, 1.54) is 0 Å². The Morgan fingerprint density at radius 2 is 1.82 bits per heavy atom. The first-order chi connectivity index (χ1) is 19.2. The molecule has 6 aliphatic rings. The molecule has 2 saturated heterocycles. The number of carbonyl (C=O) groups is 3. The van der Waals surface area contributed by atoms with Crippen molar-refractivity contribution in [3.63, 3.8) is 0 Å². The number of anilines is 1. The van der Waals surface area contributed by atoms with Crippen molar-refractivity contribution >= 4 is 23.5 Å². The Labute approximate surface area is 233 Å². The Bertz CT molecular complexity index is 1350. The van der Waals surface area contributed by atoms with Crippen molar-refractivity contribution in [1.82, 2.24) is 25.3 Å². The summed E-state index contributed by atoms with van der Waals surface area (Å²) in [4.78, 5) is 41.7. The molecule has 4 amide bonds. The predicted octanol–water partition coefficient (Wildman–Crippen LogP) is 4.48. The van der Waals surface area contributed by atoms with Crippen LogP contribution in [0.5, 0.6) is 0 Å². The SMILES string of the molecule is CC(C)n1nccc1C(=O)N[C@H](C(=O)Nc1ccc2c(c1)CCC2N1C(=O)NC2(F)CC1C2)C(C1CC1)C1CC1. The number of hydrogen-bond acceptors (Lipinski definition) is 4. The summed E-state index contributed by atoms with van der Waals surface area (Å²) in [5, 5.41) is 13.0. The van der Waals surface area contributed by atoms with E-state index in [2.05, 4.69) is 21.0 Å². The molecule has 212 valence electrons. The Morgan fingerprint density at radius 1 is 1.10 bits per heavy atom. The van der Waals surface area contributed by atoms with Crippen LogP contribution < -0.4 is 16.0 Å². The number of aromatic nitrogens is 2. The highest BCUT2D eigenvalue weighted by molar-refractivity contribution is 6.01. The van der Waals surface area contributed by atoms with Gasteiger partial charge in [0.15, 0.2) is 5.79 Å². The van der Waals surface area contributed by atoms with Crippen molar-refractivity contribution < 1.29 is 18.8 Å². The molecule has 9 nitrogen and oxygen atoms in total. The van der Waals surface area contributed by atoms with Gasteiger partial charge in [-0.15, -0.1) is 0 Å². The van der Waals surface area contributed by atoms with Gasteiger partial charge in [0.05, 0.1) is 6.04 Å². The van der Waals surface area contributed by atoms with Gasteiger partial charge in [-0.25, -0.2) is 9.18 Å². The number of benzene rings is 1. The summed E-state index contributed by atoms with van der Waals surface area (Å²) in [6.07, 6.45) is 8.25. The van der Waals surface area contributed by atoms with Crippen molar-refractivity contribution in [3.05, 3.63) is 47.3 Å². The summed E-state index contributed by atoms with van der Waals surface area (Å²) in [5.74, 6) is -0.948. The molecule has 2 atom stereocenters. The van der Waals surface area contributed by atoms with Crippen molar-refractivity contribution in [2.24, 2.45) is 17.8 Å². The summed E-state index contributed by atoms with van der Waals surface area (Å²) in [6.45, 7) is 3.95. The molecule has 3 heterocycles. The molecule has 40 heavy (non-hydrogen) atoms. The highest BCUT2D eigenvalue weighted by Gasteiger charge is 2.57. The number of aryl methyl sites for hydroxylation is 1. The van der Waals surface area contributed by atoms with Crippen LogP contribution >= 0.6 is 0 Å². The number of carbonyl (C=O) groups excluding carboxylic acids is 3. The molecule has 4 aliphatic carbocycles. The number of nitrogens with one attached hydrogen (secondary N) is 3. The van der Waals surface area contributed by atoms with Gasteiger partial charge in [0, 0.05) is 36.8 Å². The van der Waals surface area contributed by atoms with E-state index in [0.29, 0.717) is 36.1 Å². The van der Waals surface area contributed by atoms with E-state index in [1.54, 1.807) is 16.9 Å². The third-order valence-electron chi connectivity index (χ3n) is 9.55. The summed E-state index contributed by atoms with van der Waals surface area (Å²) in [6, 6.07) is 6.49. The average molecular weight is 549 g/mol. The lowest BCUT2D eigenvalue weighted by Gasteiger charge is -2.54. The van der Waals surface area contributed by atoms with Crippen LogP contribution in [-0.2, 0) is 11.2 Å². The number of halogens is 1. The first kappa shape index (κ1) is 25.5. The summed E-state index contributed by atoms with van der Waals surface area (Å²) < 4.78 is 16.0. The summed E-state index contributed by atoms with van der Waals surface area (Å²) in [7, 11) is 0. The third kappa shape index (κ3) is 4.45. The van der Waals surface area contributed by atoms with Gasteiger partial charge < -0.3 is 20.9 Å². The standard InChI is InChI=1S/C30H37FN6O3/c1-16(2)37-24(11-12-32-37)27(38)34-26(25(17-3-4-17)18-5-6-18)28(39)33-20-8-9-22-19(13-20)7-10-23(22)36-21-14-30(31,15-21)35-29(36)40/h8-9,11-13,16-18,21,23,25-26H,3-7,10,14-15H2,1-2H3,(H,33,39)(H,34,38)(H,35,40)/t21?,23?,26-,30?/m0/s1. The summed E-state index contributed by atoms with van der Waals surface area (Å²) in [5.41, 5.74) is 3.30. The van der Waals surface area contributed by atoms with Crippen molar-refractivity contribution in [2.75, 3.05) is 5.32 Å². The van der Waals surface area contributed by atoms with Gasteiger partial charge in [0.25, 0.3) is 5.91 Å². The molecule has 2 aliphatic heterocycles. The van der Waals surface area contributed by atoms with Crippen LogP contribution in [0.25, 0.3) is 0 Å². The highest BCUT2D eigenvalue weighted by Crippen LogP contribution is 2.51. The zero-order valence-corrected chi connectivity index (χ0v) is 23.0. The highest BCUT2D eigenvalue weighted by atomic mass is 19.1. The number of amides is 4. The van der Waals surface area contributed by atoms with Gasteiger partial charge in [-0.3, -0.25) is 14.3 Å². The monoisotopic (exact) mass is 548 g/mol. The normalized spacial score (nSPS) is 27.7. The predicted molar refractivity (Wildman–Crippen MR) is 146 cm³/mol. The van der Waals surface area contributed by atoms with Crippen LogP contribution in [0.2, 0.25) is 0 Å². The Morgan fingerprint density at radius 3 is 2.48 bits per heavy atom. The third-order valence-corrected chi connectivity index (χ3v) is 9.55. The number of fused-ring (bicyclic) bond motifs is 3. The number of hydrogen-bond donors (Lipinski definition) is 3. The minimum Gasteiger partial charge on any atom is -0.339 e. The van der Waals surface area contributed by atoms with E-state index in [9.17, 15) is 18.8 Å². The van der Waals surface area contributed by atoms with E-state index in [0.717, 1.165) is 49.7 Å². The molecule has 1 aromatic carbocycles. The lowest BCUT2D eigenvalue weighted by molar-refractivity contribution is -0.119. The fraction of sp³-hybridized carbons (Fsp3) is 0.600. The molecule has 3 saturated carbocycles. The molecular weight excluding hydrogens is 511 g/mol. The number of rotatable bonds is 9. The minimum absolute atomic E-state index is 0.0285. The Balaban J connectivity index is 1.10. The van der Waals surface area contributed by atoms with Crippen molar-refractivity contribution in [2.45, 2.75) is 95.2 Å². The maximum Gasteiger partial charge on any atom is 0.320 e. The smallest absolute Gasteiger partial charge is 0.320 e. The maximum absolute atomic E-state index is 14.3. The molecule has 2 bridgehead atoms. The molecule has 8 rings (SSSR count). The van der Waals surface area contributed by atoms with Crippen LogP contribution in [0.3, 0.4) is 0 Å². The molecule has 0 spiro atoms. The van der Waals surface area contributed by atoms with Gasteiger partial charge in [-0.05, 0) is 99.5 Å². The minimum atomic E-state index is -1.53. The molecule has 2 aromatic rings. The van der Waals surface area contributed by atoms with Gasteiger partial charge in [0.1, 0.15) is 11.7 Å². The van der Waals surface area contributed by atoms with Crippen molar-refractivity contribution in [1.29, 1.82) is 0 Å². The fourth-order valence-electron chi connectivity index (χ4n) is 7.33. The summed E-state index contributed by atoms with van der Waals surface area (Å²) >= 11 is 0. The second-order valence-corrected chi connectivity index (χ2v) is 12.8. The zero-order valence-electron chi connectivity index (χ0n) is 23.0. The van der Waals surface area contributed by atoms with Gasteiger partial charge in [0.2, 0.25) is 5.91 Å². The average Bonchev–Trinajstić information content (AvgIpc) is 3.82. The van der Waals surface area contributed by atoms with E-state index in [-0.39, 0.29) is 41.9 Å². The lowest BCUT2D eigenvalue weighted by Crippen LogP contribution is -2.71. The van der Waals surface area contributed by atoms with Gasteiger partial charge in [-0.2, -0.15) is 5.10 Å². The Hall–Kier alpha value is -3.43. The van der Waals surface area contributed by atoms with E-state index >= 15 is 0 Å². The molecule has 1 aromatic heterocycles. The van der Waals surface area contributed by atoms with Gasteiger partial charge >= 0.3 is 6.03 Å². The molecule has 0 radical (unpaired) electrons. The second-order valence-electron chi connectivity index (χ2n) is 12.8. The Kier molecular flexibility index (Phi) is 5.94. The first-order valence-electron chi connectivity index (χ1n) is 14.8. The lowest BCUT2D eigenvalue weighted by atomic mass is 9.79. The van der Waals surface area contributed by atoms with Crippen LogP contribution in [0.15, 0.2) is 30.5 Å². The number of urea groups is 1. The number of alkyl halides is 1. The molecule has 5 fully saturated rings. The maximum atomic E-state index is 14.3. The second kappa shape index (κ2) is 9.31. The quantitative estimate of drug-likeness (QED) is 0.402. The fourth-order valence-corrected chi connectivity index (χ4v) is 7.33. The van der Waals surface area contributed by atoms with E-state index in [1.807, 2.05) is 36.9 Å². The van der Waals surface area contributed by atoms with Crippen LogP contribution in [0.4, 0.5) is 14.9 Å². The number of nitrogens with zero attached hydrogens (tertiary/aromatic N) is 3. The zero-order chi connectivity index (χ0) is 27.8.